The van der Waals surface area contributed by atoms with Crippen LogP contribution >= 0.6 is 0 Å². The van der Waals surface area contributed by atoms with Gasteiger partial charge in [0.1, 0.15) is 12.4 Å². The summed E-state index contributed by atoms with van der Waals surface area (Å²) in [6, 6.07) is 10.1. The van der Waals surface area contributed by atoms with Crippen molar-refractivity contribution in [1.29, 1.82) is 0 Å². The molecule has 5 aliphatic rings. The predicted molar refractivity (Wildman–Crippen MR) is 140 cm³/mol. The van der Waals surface area contributed by atoms with Crippen LogP contribution in [0.1, 0.15) is 51.5 Å². The quantitative estimate of drug-likeness (QED) is 0.565. The van der Waals surface area contributed by atoms with Crippen LogP contribution in [0.4, 0.5) is 8.78 Å². The monoisotopic (exact) mass is 541 g/mol. The number of hydroxylamine groups is 2. The molecule has 2 N–H and O–H groups in total. The van der Waals surface area contributed by atoms with E-state index in [9.17, 15) is 19.8 Å². The number of alkyl halides is 1. The second-order valence-corrected chi connectivity index (χ2v) is 12.7. The fourth-order valence-electron chi connectivity index (χ4n) is 9.15. The van der Waals surface area contributed by atoms with Crippen LogP contribution in [0.25, 0.3) is 0 Å². The van der Waals surface area contributed by atoms with E-state index in [1.54, 1.807) is 12.0 Å². The third kappa shape index (κ3) is 3.51. The molecule has 0 aromatic heterocycles. The Bertz CT molecular complexity index is 1250. The van der Waals surface area contributed by atoms with Crippen LogP contribution in [-0.2, 0) is 20.8 Å². The molecule has 0 radical (unpaired) electrons. The highest BCUT2D eigenvalue weighted by Gasteiger charge is 2.79. The van der Waals surface area contributed by atoms with Crippen LogP contribution in [0.15, 0.2) is 53.9 Å². The number of nitrogens with zero attached hydrogens (tertiary/aromatic N) is 1. The molecule has 39 heavy (non-hydrogen) atoms. The first-order valence-corrected chi connectivity index (χ1v) is 14.1. The maximum atomic E-state index is 17.4. The Hall–Kier alpha value is -2.26. The first-order chi connectivity index (χ1) is 18.5. The van der Waals surface area contributed by atoms with Crippen molar-refractivity contribution in [2.24, 2.45) is 28.6 Å². The highest BCUT2D eigenvalue weighted by atomic mass is 19.1. The Morgan fingerprint density at radius 3 is 2.67 bits per heavy atom. The molecule has 0 amide bonds. The molecule has 1 saturated heterocycles. The number of Topliss-reactive ketones (excluding diaryl/α,β-unsaturated/α-hetero) is 1. The number of carbonyl (C=O) groups excluding carboxylic acids is 2. The number of allylic oxidation sites excluding steroid dienone is 4. The van der Waals surface area contributed by atoms with Gasteiger partial charge in [-0.1, -0.05) is 43.3 Å². The van der Waals surface area contributed by atoms with Crippen LogP contribution in [0, 0.1) is 28.6 Å². The standard InChI is InChI=1S/C31H37F2NO5/c1-28-11-10-21(36)14-24(28)25(32)15-23-22-13-20-17-34(12-6-9-19-7-4-3-5-8-19)39-31(20,27(38)18-35)29(22,2)16-26(37)30(23,28)33/h3-5,7-8,10-11,20,22-23,26,35,37H,6,9,12-18H2,1-2H3/t20-,22-,23-,26-,28-,29-,30-,31-/m0/s1. The summed E-state index contributed by atoms with van der Waals surface area (Å²) >= 11 is 0. The largest absolute Gasteiger partial charge is 0.390 e. The van der Waals surface area contributed by atoms with Crippen molar-refractivity contribution in [1.82, 2.24) is 5.06 Å². The van der Waals surface area contributed by atoms with Crippen molar-refractivity contribution in [2.45, 2.75) is 69.7 Å². The van der Waals surface area contributed by atoms with Gasteiger partial charge in [0.2, 0.25) is 0 Å². The molecule has 0 unspecified atom stereocenters. The minimum Gasteiger partial charge on any atom is -0.390 e. The summed E-state index contributed by atoms with van der Waals surface area (Å²) in [5.41, 5.74) is -4.74. The number of hydrogen-bond donors (Lipinski definition) is 2. The van der Waals surface area contributed by atoms with Gasteiger partial charge in [-0.05, 0) is 55.7 Å². The van der Waals surface area contributed by atoms with E-state index < -0.39 is 58.3 Å². The Labute approximate surface area is 227 Å². The van der Waals surface area contributed by atoms with Crippen molar-refractivity contribution in [3.63, 3.8) is 0 Å². The molecular formula is C31H37F2NO5. The number of aliphatic hydroxyl groups is 2. The number of hydrogen-bond acceptors (Lipinski definition) is 6. The van der Waals surface area contributed by atoms with E-state index in [4.69, 9.17) is 4.84 Å². The van der Waals surface area contributed by atoms with Gasteiger partial charge < -0.3 is 10.2 Å². The Kier molecular flexibility index (Phi) is 6.30. The molecule has 6 rings (SSSR count). The molecule has 4 aliphatic carbocycles. The van der Waals surface area contributed by atoms with Crippen molar-refractivity contribution in [3.8, 4) is 0 Å². The fourth-order valence-corrected chi connectivity index (χ4v) is 9.15. The third-order valence-corrected chi connectivity index (χ3v) is 11.0. The van der Waals surface area contributed by atoms with Crippen molar-refractivity contribution < 1.29 is 33.4 Å². The van der Waals surface area contributed by atoms with Crippen molar-refractivity contribution in [3.05, 3.63) is 59.4 Å². The van der Waals surface area contributed by atoms with Crippen LogP contribution < -0.4 is 0 Å². The lowest BCUT2D eigenvalue weighted by atomic mass is 9.45. The van der Waals surface area contributed by atoms with Crippen LogP contribution in [0.5, 0.6) is 0 Å². The molecular weight excluding hydrogens is 504 g/mol. The van der Waals surface area contributed by atoms with Gasteiger partial charge in [0.05, 0.1) is 6.10 Å². The summed E-state index contributed by atoms with van der Waals surface area (Å²) in [5, 5.41) is 23.4. The molecule has 1 aromatic rings. The smallest absolute Gasteiger partial charge is 0.192 e. The molecule has 6 nitrogen and oxygen atoms in total. The summed E-state index contributed by atoms with van der Waals surface area (Å²) in [7, 11) is 0. The van der Waals surface area contributed by atoms with E-state index in [0.717, 1.165) is 12.8 Å². The highest BCUT2D eigenvalue weighted by molar-refractivity contribution is 5.94. The summed E-state index contributed by atoms with van der Waals surface area (Å²) in [4.78, 5) is 32.1. The van der Waals surface area contributed by atoms with Gasteiger partial charge in [0.25, 0.3) is 0 Å². The first kappa shape index (κ1) is 26.9. The topological polar surface area (TPSA) is 87.1 Å². The zero-order valence-corrected chi connectivity index (χ0v) is 22.5. The molecule has 1 aliphatic heterocycles. The Balaban J connectivity index is 1.32. The van der Waals surface area contributed by atoms with Gasteiger partial charge in [-0.2, -0.15) is 5.06 Å². The minimum absolute atomic E-state index is 0.0585. The van der Waals surface area contributed by atoms with Gasteiger partial charge in [-0.3, -0.25) is 14.4 Å². The van der Waals surface area contributed by atoms with Crippen molar-refractivity contribution in [2.75, 3.05) is 19.7 Å². The summed E-state index contributed by atoms with van der Waals surface area (Å²) in [6.07, 6.45) is 2.84. The lowest BCUT2D eigenvalue weighted by molar-refractivity contribution is -0.264. The number of aryl methyl sites for hydroxylation is 1. The van der Waals surface area contributed by atoms with E-state index in [-0.39, 0.29) is 36.5 Å². The van der Waals surface area contributed by atoms with Crippen LogP contribution in [0.2, 0.25) is 0 Å². The SMILES string of the molecule is C[C@]12C=CC(=O)CC1=C(F)C[C@H]1[C@@H]3C[C@H]4CN(CCCc5ccccc5)O[C@@]4(C(=O)CO)[C@@]3(C)C[C@H](O)[C@@]12F. The molecule has 1 heterocycles. The molecule has 210 valence electrons. The van der Waals surface area contributed by atoms with Crippen LogP contribution in [0.3, 0.4) is 0 Å². The maximum absolute atomic E-state index is 17.4. The average molecular weight is 542 g/mol. The number of benzene rings is 1. The van der Waals surface area contributed by atoms with E-state index in [0.29, 0.717) is 19.5 Å². The molecule has 0 bridgehead atoms. The number of fused-ring (bicyclic) bond motifs is 7. The second kappa shape index (κ2) is 9.13. The zero-order chi connectivity index (χ0) is 27.8. The Morgan fingerprint density at radius 1 is 1.21 bits per heavy atom. The maximum Gasteiger partial charge on any atom is 0.192 e. The fraction of sp³-hybridized carbons (Fsp3) is 0.613. The predicted octanol–water partition coefficient (Wildman–Crippen LogP) is 4.06. The van der Waals surface area contributed by atoms with E-state index in [1.165, 1.54) is 17.7 Å². The third-order valence-electron chi connectivity index (χ3n) is 11.0. The van der Waals surface area contributed by atoms with Crippen LogP contribution in [-0.4, -0.2) is 63.9 Å². The van der Waals surface area contributed by atoms with E-state index >= 15 is 8.78 Å². The van der Waals surface area contributed by atoms with Gasteiger partial charge in [0.15, 0.2) is 22.8 Å². The molecule has 2 saturated carbocycles. The first-order valence-electron chi connectivity index (χ1n) is 14.1. The number of aliphatic hydroxyl groups excluding tert-OH is 2. The lowest BCUT2D eigenvalue weighted by Crippen LogP contribution is -2.69. The Morgan fingerprint density at radius 2 is 1.95 bits per heavy atom. The number of carbonyl (C=O) groups is 2. The number of rotatable bonds is 6. The lowest BCUT2D eigenvalue weighted by Gasteiger charge is -2.62. The molecule has 8 heteroatoms. The average Bonchev–Trinajstić information content (AvgIpc) is 3.39. The summed E-state index contributed by atoms with van der Waals surface area (Å²) in [5.74, 6) is -2.91. The van der Waals surface area contributed by atoms with Gasteiger partial charge in [0, 0.05) is 48.6 Å². The van der Waals surface area contributed by atoms with Crippen molar-refractivity contribution >= 4 is 11.6 Å². The normalized spacial score (nSPS) is 43.2. The molecule has 0 spiro atoms. The van der Waals surface area contributed by atoms with Gasteiger partial charge in [-0.25, -0.2) is 8.78 Å². The number of halogens is 2. The van der Waals surface area contributed by atoms with Gasteiger partial charge in [-0.15, -0.1) is 0 Å². The van der Waals surface area contributed by atoms with E-state index in [2.05, 4.69) is 12.1 Å². The molecule has 3 fully saturated rings. The highest BCUT2D eigenvalue weighted by Crippen LogP contribution is 2.72. The summed E-state index contributed by atoms with van der Waals surface area (Å²) < 4.78 is 33.1. The molecule has 1 aromatic carbocycles. The zero-order valence-electron chi connectivity index (χ0n) is 22.5. The molecule has 8 atom stereocenters. The minimum atomic E-state index is -2.20. The summed E-state index contributed by atoms with van der Waals surface area (Å²) in [6.45, 7) is 3.74. The second-order valence-electron chi connectivity index (χ2n) is 12.7. The van der Waals surface area contributed by atoms with E-state index in [1.807, 2.05) is 25.1 Å². The number of ketones is 2. The van der Waals surface area contributed by atoms with Gasteiger partial charge >= 0.3 is 0 Å².